The Hall–Kier alpha value is -3.53. The molecule has 4 rings (SSSR count). The first kappa shape index (κ1) is 30.4. The van der Waals surface area contributed by atoms with Crippen molar-refractivity contribution in [2.45, 2.75) is 64.5 Å². The molecule has 0 nitrogen and oxygen atoms in total. The second-order valence-electron chi connectivity index (χ2n) is 10.6. The van der Waals surface area contributed by atoms with Crippen molar-refractivity contribution >= 4 is 22.9 Å². The molecule has 0 bridgehead atoms. The van der Waals surface area contributed by atoms with Crippen LogP contribution in [0.1, 0.15) is 74.1 Å². The molecular weight excluding hydrogens is 541 g/mol. The Balaban J connectivity index is 1.36. The molecule has 0 aliphatic heterocycles. The van der Waals surface area contributed by atoms with E-state index in [1.54, 1.807) is 24.1 Å². The average molecular weight is 573 g/mol. The van der Waals surface area contributed by atoms with Gasteiger partial charge in [0.25, 0.3) is 0 Å². The summed E-state index contributed by atoms with van der Waals surface area (Å²) in [5.41, 5.74) is 0.472. The number of hydrogen-bond donors (Lipinski definition) is 0. The minimum atomic E-state index is -4.85. The molecule has 0 N–H and O–H groups in total. The molecule has 3 aromatic rings. The zero-order chi connectivity index (χ0) is 29.6. The summed E-state index contributed by atoms with van der Waals surface area (Å²) < 4.78 is 95.2. The van der Waals surface area contributed by atoms with E-state index >= 15 is 0 Å². The molecule has 0 spiro atoms. The van der Waals surface area contributed by atoms with Gasteiger partial charge in [0.1, 0.15) is 23.3 Å². The lowest BCUT2D eigenvalue weighted by molar-refractivity contribution is -0.0696. The maximum atomic E-state index is 14.7. The van der Waals surface area contributed by atoms with E-state index in [0.717, 1.165) is 56.9 Å². The lowest BCUT2D eigenvalue weighted by Crippen LogP contribution is -2.11. The van der Waals surface area contributed by atoms with Gasteiger partial charge in [0.05, 0.1) is 5.56 Å². The number of alkyl halides is 3. The van der Waals surface area contributed by atoms with Crippen molar-refractivity contribution < 1.29 is 30.7 Å². The smallest absolute Gasteiger partial charge is 0.206 e. The van der Waals surface area contributed by atoms with Gasteiger partial charge in [-0.15, -0.1) is 0 Å². The van der Waals surface area contributed by atoms with Crippen molar-refractivity contribution in [3.05, 3.63) is 94.1 Å². The lowest BCUT2D eigenvalue weighted by Gasteiger charge is -2.24. The van der Waals surface area contributed by atoms with E-state index in [2.05, 4.69) is 6.92 Å². The first-order chi connectivity index (χ1) is 19.5. The third-order valence-electron chi connectivity index (χ3n) is 7.50. The third-order valence-corrected chi connectivity index (χ3v) is 7.50. The van der Waals surface area contributed by atoms with Gasteiger partial charge in [-0.1, -0.05) is 62.1 Å². The Morgan fingerprint density at radius 1 is 0.805 bits per heavy atom. The fraction of sp³-hybridized carbons (Fsp3) is 0.353. The number of allylic oxidation sites excluding steroid dienone is 2. The predicted molar refractivity (Wildman–Crippen MR) is 150 cm³/mol. The molecule has 41 heavy (non-hydrogen) atoms. The van der Waals surface area contributed by atoms with Crippen molar-refractivity contribution in [2.24, 2.45) is 11.8 Å². The summed E-state index contributed by atoms with van der Waals surface area (Å²) in [6.07, 6.45) is 9.61. The second-order valence-corrected chi connectivity index (χ2v) is 10.6. The number of hydrogen-bond acceptors (Lipinski definition) is 0. The summed E-state index contributed by atoms with van der Waals surface area (Å²) in [5.74, 6) is -0.399. The molecule has 0 aromatic heterocycles. The van der Waals surface area contributed by atoms with Crippen molar-refractivity contribution in [3.63, 3.8) is 0 Å². The number of benzene rings is 3. The van der Waals surface area contributed by atoms with Gasteiger partial charge in [-0.2, -0.15) is 13.2 Å². The van der Waals surface area contributed by atoms with Crippen LogP contribution in [0.3, 0.4) is 0 Å². The second kappa shape index (κ2) is 13.4. The van der Waals surface area contributed by atoms with Crippen LogP contribution in [0.25, 0.3) is 22.9 Å². The van der Waals surface area contributed by atoms with Gasteiger partial charge in [-0.25, -0.2) is 17.6 Å². The van der Waals surface area contributed by atoms with Crippen LogP contribution in [-0.2, 0) is 6.42 Å². The van der Waals surface area contributed by atoms with Crippen molar-refractivity contribution in [1.29, 1.82) is 0 Å². The Morgan fingerprint density at radius 2 is 1.44 bits per heavy atom. The Kier molecular flexibility index (Phi) is 9.96. The van der Waals surface area contributed by atoms with Gasteiger partial charge >= 0.3 is 6.18 Å². The summed E-state index contributed by atoms with van der Waals surface area (Å²) in [6.45, 7) is 2.08. The van der Waals surface area contributed by atoms with E-state index < -0.39 is 35.0 Å². The molecule has 0 saturated heterocycles. The highest BCUT2D eigenvalue weighted by molar-refractivity contribution is 5.87. The van der Waals surface area contributed by atoms with Crippen molar-refractivity contribution in [2.75, 3.05) is 0 Å². The summed E-state index contributed by atoms with van der Waals surface area (Å²) in [7, 11) is 0. The van der Waals surface area contributed by atoms with Gasteiger partial charge in [0.15, 0.2) is 0 Å². The van der Waals surface area contributed by atoms with E-state index in [9.17, 15) is 30.7 Å². The number of rotatable bonds is 8. The van der Waals surface area contributed by atoms with Crippen LogP contribution in [0.5, 0.6) is 0 Å². The molecule has 0 amide bonds. The van der Waals surface area contributed by atoms with Crippen LogP contribution >= 0.6 is 0 Å². The van der Waals surface area contributed by atoms with E-state index in [-0.39, 0.29) is 28.2 Å². The van der Waals surface area contributed by atoms with Gasteiger partial charge in [0.2, 0.25) is 0 Å². The number of aryl methyl sites for hydroxylation is 1. The quantitative estimate of drug-likeness (QED) is 0.143. The molecule has 216 valence electrons. The van der Waals surface area contributed by atoms with Crippen LogP contribution < -0.4 is 0 Å². The van der Waals surface area contributed by atoms with E-state index in [4.69, 9.17) is 0 Å². The standard InChI is InChI=1S/C34H31F7/c1-2-3-4-5-25-19-30(35)28(31(36)20-25)15-12-23-8-6-22(7-9-23)10-11-24-13-14-27-26(18-24)21-32(37)29(33(27)38)16-17-34(39,40)41/h10-15,18-23H,2-9H2,1H3/b11-10+,15-12+. The number of unbranched alkanes of at least 4 members (excludes halogenated alkanes) is 2. The lowest BCUT2D eigenvalue weighted by atomic mass is 9.81. The normalized spacial score (nSPS) is 17.9. The fourth-order valence-corrected chi connectivity index (χ4v) is 5.23. The summed E-state index contributed by atoms with van der Waals surface area (Å²) in [5, 5.41) is 0.211. The molecule has 3 aromatic carbocycles. The predicted octanol–water partition coefficient (Wildman–Crippen LogP) is 10.6. The third kappa shape index (κ3) is 8.25. The van der Waals surface area contributed by atoms with E-state index in [0.29, 0.717) is 17.5 Å². The number of halogens is 7. The first-order valence-corrected chi connectivity index (χ1v) is 13.9. The molecule has 1 aliphatic rings. The average Bonchev–Trinajstić information content (AvgIpc) is 2.91. The Morgan fingerprint density at radius 3 is 2.05 bits per heavy atom. The largest absolute Gasteiger partial charge is 0.458 e. The maximum Gasteiger partial charge on any atom is 0.458 e. The SMILES string of the molecule is CCCCCc1cc(F)c(/C=C/C2CCC(/C=C/c3ccc4c(F)c(C#CC(F)(F)F)c(F)cc4c3)CC2)c(F)c1. The van der Waals surface area contributed by atoms with Crippen molar-refractivity contribution in [3.8, 4) is 11.8 Å². The zero-order valence-corrected chi connectivity index (χ0v) is 22.7. The summed E-state index contributed by atoms with van der Waals surface area (Å²) >= 11 is 0. The Bertz CT molecular complexity index is 1470. The molecule has 0 atom stereocenters. The van der Waals surface area contributed by atoms with E-state index in [1.165, 1.54) is 18.2 Å². The molecular formula is C34H31F7. The van der Waals surface area contributed by atoms with E-state index in [1.807, 2.05) is 18.2 Å². The monoisotopic (exact) mass is 572 g/mol. The maximum absolute atomic E-state index is 14.7. The molecule has 1 fully saturated rings. The topological polar surface area (TPSA) is 0 Å². The van der Waals surface area contributed by atoms with Crippen LogP contribution in [-0.4, -0.2) is 6.18 Å². The van der Waals surface area contributed by atoms with Crippen molar-refractivity contribution in [1.82, 2.24) is 0 Å². The van der Waals surface area contributed by atoms with Crippen LogP contribution in [0.2, 0.25) is 0 Å². The Labute approximate surface area is 236 Å². The fourth-order valence-electron chi connectivity index (χ4n) is 5.23. The van der Waals surface area contributed by atoms with Gasteiger partial charge in [0, 0.05) is 16.9 Å². The first-order valence-electron chi connectivity index (χ1n) is 13.9. The molecule has 0 radical (unpaired) electrons. The highest BCUT2D eigenvalue weighted by Gasteiger charge is 2.24. The van der Waals surface area contributed by atoms with Crippen LogP contribution in [0, 0.1) is 46.9 Å². The van der Waals surface area contributed by atoms with Gasteiger partial charge in [-0.3, -0.25) is 0 Å². The minimum absolute atomic E-state index is 0.00467. The van der Waals surface area contributed by atoms with Crippen LogP contribution in [0.4, 0.5) is 30.7 Å². The molecule has 0 heterocycles. The highest BCUT2D eigenvalue weighted by Crippen LogP contribution is 2.32. The van der Waals surface area contributed by atoms with Gasteiger partial charge < -0.3 is 0 Å². The molecule has 0 unspecified atom stereocenters. The molecule has 1 saturated carbocycles. The summed E-state index contributed by atoms with van der Waals surface area (Å²) in [6, 6.07) is 8.44. The molecule has 7 heteroatoms. The summed E-state index contributed by atoms with van der Waals surface area (Å²) in [4.78, 5) is 0. The molecule has 1 aliphatic carbocycles. The highest BCUT2D eigenvalue weighted by atomic mass is 19.4. The number of fused-ring (bicyclic) bond motifs is 1. The zero-order valence-electron chi connectivity index (χ0n) is 22.7. The van der Waals surface area contributed by atoms with Crippen LogP contribution in [0.15, 0.2) is 48.6 Å². The minimum Gasteiger partial charge on any atom is -0.206 e. The van der Waals surface area contributed by atoms with Gasteiger partial charge in [-0.05, 0) is 91.1 Å².